The lowest BCUT2D eigenvalue weighted by atomic mass is 9.85. The molecule has 1 aromatic rings. The number of nitrogens with one attached hydrogen (secondary N) is 3. The van der Waals surface area contributed by atoms with E-state index in [-0.39, 0.29) is 35.7 Å². The number of urea groups is 1. The van der Waals surface area contributed by atoms with Crippen LogP contribution in [0.25, 0.3) is 0 Å². The van der Waals surface area contributed by atoms with E-state index in [4.69, 9.17) is 10.5 Å². The zero-order chi connectivity index (χ0) is 34.8. The molecule has 47 heavy (non-hydrogen) atoms. The molecule has 0 bridgehead atoms. The minimum absolute atomic E-state index is 0.0557. The number of esters is 1. The number of Topliss-reactive ketones (excluding diaryl/α,β-unsaturated/α-hetero) is 1. The van der Waals surface area contributed by atoms with Crippen LogP contribution in [0.5, 0.6) is 0 Å². The summed E-state index contributed by atoms with van der Waals surface area (Å²) in [5.41, 5.74) is 5.14. The highest BCUT2D eigenvalue weighted by Crippen LogP contribution is 2.65. The van der Waals surface area contributed by atoms with Gasteiger partial charge in [0, 0.05) is 6.54 Å². The maximum absolute atomic E-state index is 14.3. The Morgan fingerprint density at radius 2 is 1.62 bits per heavy atom. The van der Waals surface area contributed by atoms with Crippen LogP contribution < -0.4 is 21.7 Å². The fraction of sp³-hybridized carbons (Fsp3) is 0.657. The van der Waals surface area contributed by atoms with Gasteiger partial charge in [0.15, 0.2) is 0 Å². The van der Waals surface area contributed by atoms with Crippen molar-refractivity contribution in [2.75, 3.05) is 6.54 Å². The van der Waals surface area contributed by atoms with Crippen LogP contribution >= 0.6 is 0 Å². The normalized spacial score (nSPS) is 23.1. The molecular weight excluding hydrogens is 602 g/mol. The van der Waals surface area contributed by atoms with Crippen molar-refractivity contribution in [1.29, 1.82) is 0 Å². The molecular formula is C35H51N5O7. The van der Waals surface area contributed by atoms with E-state index in [1.807, 2.05) is 78.8 Å². The average Bonchev–Trinajstić information content (AvgIpc) is 3.84. The Labute approximate surface area is 277 Å². The lowest BCUT2D eigenvalue weighted by molar-refractivity contribution is -0.147. The van der Waals surface area contributed by atoms with Gasteiger partial charge in [0.25, 0.3) is 5.91 Å². The number of fused-ring (bicyclic) bond motifs is 1. The van der Waals surface area contributed by atoms with E-state index in [9.17, 15) is 28.8 Å². The van der Waals surface area contributed by atoms with E-state index < -0.39 is 65.1 Å². The van der Waals surface area contributed by atoms with Gasteiger partial charge in [0.2, 0.25) is 17.6 Å². The Morgan fingerprint density at radius 1 is 0.979 bits per heavy atom. The number of ketones is 1. The van der Waals surface area contributed by atoms with E-state index in [1.165, 1.54) is 4.90 Å². The van der Waals surface area contributed by atoms with Crippen LogP contribution in [0.1, 0.15) is 79.7 Å². The highest BCUT2D eigenvalue weighted by Gasteiger charge is 2.70. The number of amides is 5. The maximum Gasteiger partial charge on any atom is 0.329 e. The number of ether oxygens (including phenoxy) is 1. The second kappa shape index (κ2) is 14.0. The molecule has 4 rings (SSSR count). The molecule has 1 saturated heterocycles. The van der Waals surface area contributed by atoms with Crippen LogP contribution in [0.15, 0.2) is 30.3 Å². The van der Waals surface area contributed by atoms with Crippen LogP contribution in [0.3, 0.4) is 0 Å². The van der Waals surface area contributed by atoms with Gasteiger partial charge in [-0.25, -0.2) is 9.59 Å². The highest BCUT2D eigenvalue weighted by molar-refractivity contribution is 6.37. The largest absolute Gasteiger partial charge is 0.459 e. The molecule has 0 spiro atoms. The van der Waals surface area contributed by atoms with Crippen molar-refractivity contribution in [1.82, 2.24) is 20.9 Å². The average molecular weight is 654 g/mol. The molecule has 2 aliphatic carbocycles. The molecule has 3 fully saturated rings. The summed E-state index contributed by atoms with van der Waals surface area (Å²) in [6, 6.07) is 4.59. The van der Waals surface area contributed by atoms with Crippen molar-refractivity contribution in [3.63, 3.8) is 0 Å². The lowest BCUT2D eigenvalue weighted by Gasteiger charge is -2.38. The van der Waals surface area contributed by atoms with Crippen molar-refractivity contribution in [3.8, 4) is 0 Å². The minimum Gasteiger partial charge on any atom is -0.459 e. The van der Waals surface area contributed by atoms with Gasteiger partial charge in [0.1, 0.15) is 24.7 Å². The Bertz CT molecular complexity index is 1370. The fourth-order valence-corrected chi connectivity index (χ4v) is 6.82. The molecule has 5 N–H and O–H groups in total. The van der Waals surface area contributed by atoms with Crippen LogP contribution in [-0.4, -0.2) is 71.1 Å². The van der Waals surface area contributed by atoms with Crippen molar-refractivity contribution < 1.29 is 33.5 Å². The summed E-state index contributed by atoms with van der Waals surface area (Å²) in [7, 11) is 0. The summed E-state index contributed by atoms with van der Waals surface area (Å²) in [5, 5.41) is 8.26. The third-order valence-electron chi connectivity index (χ3n) is 9.81. The predicted molar refractivity (Wildman–Crippen MR) is 174 cm³/mol. The molecule has 1 aromatic carbocycles. The van der Waals surface area contributed by atoms with Gasteiger partial charge in [-0.05, 0) is 52.9 Å². The number of primary amides is 1. The third kappa shape index (κ3) is 8.70. The van der Waals surface area contributed by atoms with Crippen LogP contribution in [0.2, 0.25) is 0 Å². The zero-order valence-electron chi connectivity index (χ0n) is 28.6. The molecule has 0 radical (unpaired) electrons. The molecule has 5 amide bonds. The number of rotatable bonds is 14. The summed E-state index contributed by atoms with van der Waals surface area (Å²) in [6.07, 6.45) is 2.47. The van der Waals surface area contributed by atoms with Crippen LogP contribution in [0.4, 0.5) is 4.79 Å². The molecule has 12 nitrogen and oxygen atoms in total. The number of hydrogen-bond acceptors (Lipinski definition) is 7. The molecule has 1 heterocycles. The molecule has 1 aliphatic heterocycles. The van der Waals surface area contributed by atoms with Crippen molar-refractivity contribution in [2.45, 2.75) is 105 Å². The molecule has 0 aromatic heterocycles. The second-order valence-corrected chi connectivity index (χ2v) is 15.6. The van der Waals surface area contributed by atoms with Gasteiger partial charge in [-0.2, -0.15) is 0 Å². The molecule has 3 aliphatic rings. The number of likely N-dealkylation sites (tertiary alicyclic amines) is 1. The zero-order valence-corrected chi connectivity index (χ0v) is 28.6. The van der Waals surface area contributed by atoms with Gasteiger partial charge >= 0.3 is 12.0 Å². The van der Waals surface area contributed by atoms with E-state index in [0.29, 0.717) is 19.4 Å². The third-order valence-corrected chi connectivity index (χ3v) is 9.81. The number of hydrogen-bond donors (Lipinski definition) is 4. The highest BCUT2D eigenvalue weighted by atomic mass is 16.5. The van der Waals surface area contributed by atoms with Crippen LogP contribution in [0, 0.1) is 34.5 Å². The standard InChI is InChI=1S/C35H51N5O7/c1-19(2)15-24(32(45)47-18-21-11-9-8-10-12-21)38-33(46)39-28(34(3,4)5)31(44)40-17-22-25(35(22,6)7)26(40)30(43)37-23(16-20-13-14-20)27(41)29(36)42/h8-12,19-20,22-26,28H,13-18H2,1-7H3,(H2,36,42)(H,37,43)(H2,38,39,46)/t22-,23?,24?,25?,26-,28+/m0/s1. The van der Waals surface area contributed by atoms with E-state index in [2.05, 4.69) is 16.0 Å². The first kappa shape index (κ1) is 35.9. The number of carbonyl (C=O) groups is 6. The van der Waals surface area contributed by atoms with Crippen molar-refractivity contribution >= 4 is 35.5 Å². The van der Waals surface area contributed by atoms with Crippen LogP contribution in [-0.2, 0) is 35.3 Å². The molecule has 258 valence electrons. The van der Waals surface area contributed by atoms with Crippen molar-refractivity contribution in [3.05, 3.63) is 35.9 Å². The Kier molecular flexibility index (Phi) is 10.7. The number of piperidine rings is 1. The monoisotopic (exact) mass is 653 g/mol. The fourth-order valence-electron chi connectivity index (χ4n) is 6.82. The number of nitrogens with zero attached hydrogens (tertiary/aromatic N) is 1. The predicted octanol–water partition coefficient (Wildman–Crippen LogP) is 2.68. The molecule has 2 saturated carbocycles. The summed E-state index contributed by atoms with van der Waals surface area (Å²) in [4.78, 5) is 80.4. The SMILES string of the molecule is CC(C)CC(NC(=O)N[C@H](C(=O)N1C[C@H]2C([C@H]1C(=O)NC(CC1CC1)C(=O)C(N)=O)C2(C)C)C(C)(C)C)C(=O)OCc1ccccc1. The molecule has 3 unspecified atom stereocenters. The lowest BCUT2D eigenvalue weighted by Crippen LogP contribution is -2.62. The van der Waals surface area contributed by atoms with Gasteiger partial charge in [-0.3, -0.25) is 19.2 Å². The first-order valence-corrected chi connectivity index (χ1v) is 16.6. The first-order chi connectivity index (χ1) is 21.9. The van der Waals surface area contributed by atoms with Gasteiger partial charge in [-0.1, -0.05) is 91.6 Å². The van der Waals surface area contributed by atoms with Crippen molar-refractivity contribution in [2.24, 2.45) is 40.2 Å². The smallest absolute Gasteiger partial charge is 0.329 e. The number of benzene rings is 1. The van der Waals surface area contributed by atoms with Gasteiger partial charge < -0.3 is 31.3 Å². The summed E-state index contributed by atoms with van der Waals surface area (Å²) >= 11 is 0. The Hall–Kier alpha value is -3.96. The quantitative estimate of drug-likeness (QED) is 0.176. The molecule has 12 heteroatoms. The summed E-state index contributed by atoms with van der Waals surface area (Å²) in [5.74, 6) is -3.29. The number of nitrogens with two attached hydrogens (primary N) is 1. The first-order valence-electron chi connectivity index (χ1n) is 16.6. The topological polar surface area (TPSA) is 177 Å². The number of carbonyl (C=O) groups excluding carboxylic acids is 6. The summed E-state index contributed by atoms with van der Waals surface area (Å²) in [6.45, 7) is 13.7. The van der Waals surface area contributed by atoms with E-state index >= 15 is 0 Å². The van der Waals surface area contributed by atoms with Gasteiger partial charge in [0.05, 0.1) is 6.04 Å². The van der Waals surface area contributed by atoms with E-state index in [0.717, 1.165) is 18.4 Å². The Morgan fingerprint density at radius 3 is 2.17 bits per heavy atom. The maximum atomic E-state index is 14.3. The summed E-state index contributed by atoms with van der Waals surface area (Å²) < 4.78 is 5.51. The minimum atomic E-state index is -1.11. The second-order valence-electron chi connectivity index (χ2n) is 15.6. The van der Waals surface area contributed by atoms with E-state index in [1.54, 1.807) is 0 Å². The Balaban J connectivity index is 1.48. The van der Waals surface area contributed by atoms with Gasteiger partial charge in [-0.15, -0.1) is 0 Å². The molecule has 6 atom stereocenters.